The summed E-state index contributed by atoms with van der Waals surface area (Å²) >= 11 is 0. The fourth-order valence-electron chi connectivity index (χ4n) is 6.79. The Kier molecular flexibility index (Phi) is 21.2. The highest BCUT2D eigenvalue weighted by molar-refractivity contribution is 6.01. The molecule has 0 atom stereocenters. The number of amides is 2. The van der Waals surface area contributed by atoms with Gasteiger partial charge in [-0.15, -0.1) is 0 Å². The predicted octanol–water partition coefficient (Wildman–Crippen LogP) is 8.48. The fourth-order valence-corrected chi connectivity index (χ4v) is 6.79. The third-order valence-electron chi connectivity index (χ3n) is 9.13. The molecule has 0 heterocycles. The van der Waals surface area contributed by atoms with E-state index < -0.39 is 127 Å². The Balaban J connectivity index is 4.10. The van der Waals surface area contributed by atoms with Gasteiger partial charge in [-0.2, -0.15) is 0 Å². The molecule has 19 nitrogen and oxygen atoms in total. The van der Waals surface area contributed by atoms with Crippen LogP contribution in [0.15, 0.2) is 18.2 Å². The molecule has 1 aromatic carbocycles. The van der Waals surface area contributed by atoms with E-state index in [9.17, 15) is 48.5 Å². The summed E-state index contributed by atoms with van der Waals surface area (Å²) < 4.78 is 33.3. The first-order valence-corrected chi connectivity index (χ1v) is 23.1. The van der Waals surface area contributed by atoms with E-state index in [1.165, 1.54) is 0 Å². The molecular formula is C50H79N3O16. The SMILES string of the molecule is CC(C)(C)OC(=O)CCC(CCC(=O)OC(C)(C)C)(CC(=O)OC(C)(C)C)NC(=O)c1cc(C(=O)NC(CCC(=O)OC(C)(C)C)(CCC(=O)OC(C)(C)C)CC(=O)OC(C)(C)C)cc([N+](=O)[O-])c1. The summed E-state index contributed by atoms with van der Waals surface area (Å²) in [6.45, 7) is 29.6. The van der Waals surface area contributed by atoms with Crippen LogP contribution in [0.5, 0.6) is 0 Å². The minimum absolute atomic E-state index is 0.277. The van der Waals surface area contributed by atoms with E-state index in [0.29, 0.717) is 0 Å². The van der Waals surface area contributed by atoms with Gasteiger partial charge in [0.2, 0.25) is 0 Å². The van der Waals surface area contributed by atoms with E-state index in [0.717, 1.165) is 18.2 Å². The van der Waals surface area contributed by atoms with Gasteiger partial charge in [0.05, 0.1) is 28.8 Å². The average molecular weight is 978 g/mol. The number of rotatable bonds is 21. The largest absolute Gasteiger partial charge is 0.460 e. The maximum absolute atomic E-state index is 14.6. The fraction of sp³-hybridized carbons (Fsp3) is 0.720. The van der Waals surface area contributed by atoms with Crippen LogP contribution in [0.3, 0.4) is 0 Å². The number of hydrogen-bond donors (Lipinski definition) is 2. The molecule has 0 saturated carbocycles. The lowest BCUT2D eigenvalue weighted by atomic mass is 9.83. The third kappa shape index (κ3) is 26.6. The molecule has 390 valence electrons. The minimum Gasteiger partial charge on any atom is -0.460 e. The van der Waals surface area contributed by atoms with Gasteiger partial charge in [-0.05, 0) is 156 Å². The molecule has 0 aliphatic heterocycles. The summed E-state index contributed by atoms with van der Waals surface area (Å²) in [7, 11) is 0. The average Bonchev–Trinajstić information content (AvgIpc) is 3.10. The number of non-ortho nitro benzene ring substituents is 1. The van der Waals surface area contributed by atoms with Gasteiger partial charge in [0, 0.05) is 48.9 Å². The molecule has 69 heavy (non-hydrogen) atoms. The Bertz CT molecular complexity index is 1840. The number of hydrogen-bond acceptors (Lipinski definition) is 16. The number of nitro benzene ring substituents is 1. The van der Waals surface area contributed by atoms with Crippen molar-refractivity contribution in [3.05, 3.63) is 39.4 Å². The van der Waals surface area contributed by atoms with Crippen molar-refractivity contribution in [2.75, 3.05) is 0 Å². The topological polar surface area (TPSA) is 259 Å². The van der Waals surface area contributed by atoms with Crippen molar-refractivity contribution in [1.82, 2.24) is 10.6 Å². The monoisotopic (exact) mass is 978 g/mol. The number of benzene rings is 1. The smallest absolute Gasteiger partial charge is 0.308 e. The lowest BCUT2D eigenvalue weighted by Gasteiger charge is -2.36. The van der Waals surface area contributed by atoms with Gasteiger partial charge in [0.25, 0.3) is 17.5 Å². The van der Waals surface area contributed by atoms with Gasteiger partial charge in [0.1, 0.15) is 33.6 Å². The van der Waals surface area contributed by atoms with Gasteiger partial charge >= 0.3 is 35.8 Å². The highest BCUT2D eigenvalue weighted by Gasteiger charge is 2.41. The maximum atomic E-state index is 14.6. The maximum Gasteiger partial charge on any atom is 0.308 e. The molecule has 1 aromatic rings. The van der Waals surface area contributed by atoms with Gasteiger partial charge in [-0.25, -0.2) is 0 Å². The summed E-state index contributed by atoms with van der Waals surface area (Å²) in [5, 5.41) is 18.0. The van der Waals surface area contributed by atoms with E-state index in [2.05, 4.69) is 10.6 Å². The van der Waals surface area contributed by atoms with E-state index in [1.54, 1.807) is 125 Å². The van der Waals surface area contributed by atoms with Crippen LogP contribution >= 0.6 is 0 Å². The standard InChI is InChI=1S/C50H79N3O16/c1-43(2,3)64-35(54)19-23-49(30-39(58)68-47(13,14)15,24-20-36(55)65-44(4,5)6)51-41(60)32-27-33(29-34(28-32)53(62)63)42(61)52-50(31-40(59)69-48(16,17)18,25-21-37(56)66-45(7,8)9)26-22-38(57)67-46(10,11)12/h27-29H,19-26,30-31H2,1-18H3,(H,51,60)(H,52,61). The van der Waals surface area contributed by atoms with Crippen LogP contribution in [0.25, 0.3) is 0 Å². The molecular weight excluding hydrogens is 899 g/mol. The number of nitro groups is 1. The number of nitrogens with one attached hydrogen (secondary N) is 2. The van der Waals surface area contributed by atoms with Crippen LogP contribution in [-0.4, -0.2) is 97.2 Å². The van der Waals surface area contributed by atoms with Crippen LogP contribution in [0, 0.1) is 10.1 Å². The number of ether oxygens (including phenoxy) is 6. The zero-order valence-corrected chi connectivity index (χ0v) is 44.3. The van der Waals surface area contributed by atoms with E-state index >= 15 is 0 Å². The van der Waals surface area contributed by atoms with Crippen molar-refractivity contribution >= 4 is 53.3 Å². The molecule has 0 spiro atoms. The Morgan fingerprint density at radius 3 is 0.826 bits per heavy atom. The molecule has 0 saturated heterocycles. The number of esters is 6. The van der Waals surface area contributed by atoms with E-state index in [-0.39, 0.29) is 51.4 Å². The van der Waals surface area contributed by atoms with E-state index in [4.69, 9.17) is 28.4 Å². The normalized spacial score (nSPS) is 12.8. The molecule has 0 aliphatic rings. The number of nitrogens with zero attached hydrogens (tertiary/aromatic N) is 1. The summed E-state index contributed by atoms with van der Waals surface area (Å²) in [4.78, 5) is 120. The van der Waals surface area contributed by atoms with Gasteiger partial charge in [-0.3, -0.25) is 48.5 Å². The zero-order valence-electron chi connectivity index (χ0n) is 44.3. The quantitative estimate of drug-likeness (QED) is 0.0506. The van der Waals surface area contributed by atoms with Crippen LogP contribution in [0.2, 0.25) is 0 Å². The van der Waals surface area contributed by atoms with Crippen molar-refractivity contribution in [3.8, 4) is 0 Å². The Hall–Kier alpha value is -5.62. The van der Waals surface area contributed by atoms with Crippen molar-refractivity contribution in [2.45, 2.75) is 234 Å². The molecule has 19 heteroatoms. The molecule has 0 aromatic heterocycles. The Morgan fingerprint density at radius 2 is 0.623 bits per heavy atom. The van der Waals surface area contributed by atoms with Crippen molar-refractivity contribution in [1.29, 1.82) is 0 Å². The first-order chi connectivity index (χ1) is 30.9. The third-order valence-corrected chi connectivity index (χ3v) is 9.13. The van der Waals surface area contributed by atoms with Gasteiger partial charge < -0.3 is 39.1 Å². The second-order valence-electron chi connectivity index (χ2n) is 23.4. The molecule has 0 unspecified atom stereocenters. The van der Waals surface area contributed by atoms with Crippen LogP contribution in [-0.2, 0) is 57.2 Å². The molecule has 2 N–H and O–H groups in total. The van der Waals surface area contributed by atoms with Crippen molar-refractivity contribution in [2.24, 2.45) is 0 Å². The lowest BCUT2D eigenvalue weighted by Crippen LogP contribution is -2.52. The minimum atomic E-state index is -1.74. The molecule has 2 amide bonds. The highest BCUT2D eigenvalue weighted by atomic mass is 16.6. The first-order valence-electron chi connectivity index (χ1n) is 23.1. The molecule has 0 fully saturated rings. The summed E-state index contributed by atoms with van der Waals surface area (Å²) in [5.41, 5.74) is -10.7. The Morgan fingerprint density at radius 1 is 0.406 bits per heavy atom. The predicted molar refractivity (Wildman–Crippen MR) is 255 cm³/mol. The number of carbonyl (C=O) groups excluding carboxylic acids is 8. The Labute approximate surface area is 407 Å². The lowest BCUT2D eigenvalue weighted by molar-refractivity contribution is -0.384. The second-order valence-corrected chi connectivity index (χ2v) is 23.4. The van der Waals surface area contributed by atoms with E-state index in [1.807, 2.05) is 0 Å². The second kappa shape index (κ2) is 23.8. The highest BCUT2D eigenvalue weighted by Crippen LogP contribution is 2.32. The molecule has 1 rings (SSSR count). The molecule has 0 bridgehead atoms. The van der Waals surface area contributed by atoms with Crippen LogP contribution in [0.4, 0.5) is 5.69 Å². The molecule has 0 aliphatic carbocycles. The first kappa shape index (κ1) is 61.4. The van der Waals surface area contributed by atoms with Gasteiger partial charge in [-0.1, -0.05) is 0 Å². The van der Waals surface area contributed by atoms with Crippen LogP contribution < -0.4 is 10.6 Å². The summed E-state index contributed by atoms with van der Waals surface area (Å²) in [6.07, 6.45) is -3.69. The van der Waals surface area contributed by atoms with Gasteiger partial charge in [0.15, 0.2) is 0 Å². The number of carbonyl (C=O) groups is 8. The summed E-state index contributed by atoms with van der Waals surface area (Å²) in [5.74, 6) is -6.46. The zero-order chi connectivity index (χ0) is 53.8. The molecule has 0 radical (unpaired) electrons. The van der Waals surface area contributed by atoms with Crippen molar-refractivity contribution < 1.29 is 71.7 Å². The summed E-state index contributed by atoms with van der Waals surface area (Å²) in [6, 6.07) is 2.83. The van der Waals surface area contributed by atoms with Crippen molar-refractivity contribution in [3.63, 3.8) is 0 Å². The van der Waals surface area contributed by atoms with Crippen LogP contribution in [0.1, 0.15) is 210 Å².